The Morgan fingerprint density at radius 2 is 1.65 bits per heavy atom. The molecule has 0 aromatic carbocycles. The monoisotopic (exact) mass is 246 g/mol. The summed E-state index contributed by atoms with van der Waals surface area (Å²) in [6, 6.07) is 0. The smallest absolute Gasteiger partial charge is 0.165 e. The van der Waals surface area contributed by atoms with Gasteiger partial charge in [0.2, 0.25) is 0 Å². The Morgan fingerprint density at radius 3 is 1.94 bits per heavy atom. The molecule has 0 saturated carbocycles. The van der Waals surface area contributed by atoms with Crippen LogP contribution in [-0.2, 0) is 9.47 Å². The van der Waals surface area contributed by atoms with E-state index in [2.05, 4.69) is 0 Å². The Bertz CT molecular complexity index is 203. The Kier molecular flexibility index (Phi) is 5.38. The van der Waals surface area contributed by atoms with Gasteiger partial charge in [0, 0.05) is 10.8 Å². The molecule has 0 spiro atoms. The second-order valence-corrected chi connectivity index (χ2v) is 5.19. The van der Waals surface area contributed by atoms with E-state index in [0.29, 0.717) is 13.2 Å². The van der Waals surface area contributed by atoms with Gasteiger partial charge in [0.15, 0.2) is 6.29 Å². The zero-order valence-electron chi connectivity index (χ0n) is 11.2. The number of hydrogen-bond acceptors (Lipinski definition) is 4. The zero-order chi connectivity index (χ0) is 12.9. The maximum atomic E-state index is 9.56. The molecule has 1 heterocycles. The van der Waals surface area contributed by atoms with Crippen molar-refractivity contribution >= 4 is 0 Å². The lowest BCUT2D eigenvalue weighted by atomic mass is 9.80. The van der Waals surface area contributed by atoms with E-state index in [9.17, 15) is 10.2 Å². The average molecular weight is 246 g/mol. The van der Waals surface area contributed by atoms with E-state index in [-0.39, 0.29) is 30.3 Å². The van der Waals surface area contributed by atoms with Gasteiger partial charge in [-0.05, 0) is 19.3 Å². The van der Waals surface area contributed by atoms with Crippen molar-refractivity contribution in [3.05, 3.63) is 0 Å². The summed E-state index contributed by atoms with van der Waals surface area (Å²) < 4.78 is 11.5. The van der Waals surface area contributed by atoms with Gasteiger partial charge in [-0.1, -0.05) is 20.8 Å². The van der Waals surface area contributed by atoms with Crippen molar-refractivity contribution in [2.45, 2.75) is 46.3 Å². The fraction of sp³-hybridized carbons (Fsp3) is 1.00. The van der Waals surface area contributed by atoms with Crippen LogP contribution >= 0.6 is 0 Å². The highest BCUT2D eigenvalue weighted by Crippen LogP contribution is 2.38. The maximum Gasteiger partial charge on any atom is 0.165 e. The molecule has 4 nitrogen and oxygen atoms in total. The second kappa shape index (κ2) is 6.14. The molecule has 17 heavy (non-hydrogen) atoms. The van der Waals surface area contributed by atoms with E-state index in [1.165, 1.54) is 0 Å². The molecule has 1 aliphatic heterocycles. The van der Waals surface area contributed by atoms with Crippen LogP contribution in [0.25, 0.3) is 0 Å². The van der Waals surface area contributed by atoms with E-state index in [0.717, 1.165) is 19.3 Å². The minimum atomic E-state index is -0.353. The molecule has 4 heteroatoms. The lowest BCUT2D eigenvalue weighted by Crippen LogP contribution is -2.51. The van der Waals surface area contributed by atoms with Crippen LogP contribution in [0.4, 0.5) is 0 Å². The first-order chi connectivity index (χ1) is 8.12. The Hall–Kier alpha value is -0.160. The highest BCUT2D eigenvalue weighted by Gasteiger charge is 2.43. The summed E-state index contributed by atoms with van der Waals surface area (Å²) in [5, 5.41) is 19.0. The van der Waals surface area contributed by atoms with Gasteiger partial charge >= 0.3 is 0 Å². The summed E-state index contributed by atoms with van der Waals surface area (Å²) in [5.41, 5.74) is -0.575. The minimum absolute atomic E-state index is 0.0723. The Balaban J connectivity index is 2.67. The number of aliphatic hydroxyl groups excluding tert-OH is 2. The van der Waals surface area contributed by atoms with Gasteiger partial charge < -0.3 is 19.7 Å². The lowest BCUT2D eigenvalue weighted by Gasteiger charge is -2.45. The fourth-order valence-corrected chi connectivity index (χ4v) is 2.24. The van der Waals surface area contributed by atoms with Crippen LogP contribution in [0.2, 0.25) is 0 Å². The highest BCUT2D eigenvalue weighted by molar-refractivity contribution is 4.86. The quantitative estimate of drug-likeness (QED) is 0.746. The first-order valence-electron chi connectivity index (χ1n) is 6.57. The molecule has 2 N–H and O–H groups in total. The molecule has 1 fully saturated rings. The van der Waals surface area contributed by atoms with Crippen molar-refractivity contribution in [2.24, 2.45) is 10.8 Å². The number of rotatable bonds is 6. The van der Waals surface area contributed by atoms with Gasteiger partial charge in [0.05, 0.1) is 26.4 Å². The largest absolute Gasteiger partial charge is 0.396 e. The molecule has 1 rings (SSSR count). The number of ether oxygens (including phenoxy) is 2. The molecule has 0 aromatic rings. The van der Waals surface area contributed by atoms with Crippen LogP contribution in [0.1, 0.15) is 40.0 Å². The van der Waals surface area contributed by atoms with Gasteiger partial charge in [-0.25, -0.2) is 0 Å². The van der Waals surface area contributed by atoms with Crippen LogP contribution in [-0.4, -0.2) is 42.9 Å². The predicted octanol–water partition coefficient (Wildman–Crippen LogP) is 1.55. The fourth-order valence-electron chi connectivity index (χ4n) is 2.24. The zero-order valence-corrected chi connectivity index (χ0v) is 11.2. The Morgan fingerprint density at radius 1 is 1.12 bits per heavy atom. The summed E-state index contributed by atoms with van der Waals surface area (Å²) in [5.74, 6) is 0. The topological polar surface area (TPSA) is 58.9 Å². The lowest BCUT2D eigenvalue weighted by molar-refractivity contribution is -0.287. The van der Waals surface area contributed by atoms with E-state index in [1.54, 1.807) is 0 Å². The molecule has 0 bridgehead atoms. The summed E-state index contributed by atoms with van der Waals surface area (Å²) >= 11 is 0. The summed E-state index contributed by atoms with van der Waals surface area (Å²) in [7, 11) is 0. The van der Waals surface area contributed by atoms with Crippen molar-refractivity contribution in [3.63, 3.8) is 0 Å². The van der Waals surface area contributed by atoms with E-state index >= 15 is 0 Å². The van der Waals surface area contributed by atoms with Crippen molar-refractivity contribution in [1.29, 1.82) is 0 Å². The third-order valence-corrected chi connectivity index (χ3v) is 4.39. The molecular weight excluding hydrogens is 220 g/mol. The Labute approximate surface area is 104 Å². The van der Waals surface area contributed by atoms with Gasteiger partial charge in [-0.2, -0.15) is 0 Å². The first-order valence-corrected chi connectivity index (χ1v) is 6.57. The average Bonchev–Trinajstić information content (AvgIpc) is 2.42. The molecule has 0 aliphatic carbocycles. The van der Waals surface area contributed by atoms with Crippen LogP contribution in [0.15, 0.2) is 0 Å². The molecule has 0 aromatic heterocycles. The highest BCUT2D eigenvalue weighted by atomic mass is 16.7. The van der Waals surface area contributed by atoms with Crippen LogP contribution in [0, 0.1) is 10.8 Å². The van der Waals surface area contributed by atoms with Crippen LogP contribution in [0.5, 0.6) is 0 Å². The molecule has 0 atom stereocenters. The maximum absolute atomic E-state index is 9.56. The molecule has 1 aliphatic rings. The molecule has 0 amide bonds. The third-order valence-electron chi connectivity index (χ3n) is 4.39. The predicted molar refractivity (Wildman–Crippen MR) is 65.6 cm³/mol. The molecule has 0 unspecified atom stereocenters. The van der Waals surface area contributed by atoms with Gasteiger partial charge in [-0.15, -0.1) is 0 Å². The van der Waals surface area contributed by atoms with Gasteiger partial charge in [0.25, 0.3) is 0 Å². The SMILES string of the molecule is CCC1(CO)COC(C(CC)(CC)CO)OC1. The van der Waals surface area contributed by atoms with Crippen LogP contribution < -0.4 is 0 Å². The summed E-state index contributed by atoms with van der Waals surface area (Å²) in [6.45, 7) is 7.28. The summed E-state index contributed by atoms with van der Waals surface area (Å²) in [4.78, 5) is 0. The third kappa shape index (κ3) is 2.81. The van der Waals surface area contributed by atoms with Gasteiger partial charge in [-0.3, -0.25) is 0 Å². The van der Waals surface area contributed by atoms with Crippen molar-refractivity contribution in [1.82, 2.24) is 0 Å². The van der Waals surface area contributed by atoms with Crippen LogP contribution in [0.3, 0.4) is 0 Å². The summed E-state index contributed by atoms with van der Waals surface area (Å²) in [6.07, 6.45) is 2.13. The van der Waals surface area contributed by atoms with Crippen molar-refractivity contribution in [2.75, 3.05) is 26.4 Å². The molecule has 102 valence electrons. The van der Waals surface area contributed by atoms with E-state index in [1.807, 2.05) is 20.8 Å². The van der Waals surface area contributed by atoms with Crippen molar-refractivity contribution in [3.8, 4) is 0 Å². The number of hydrogen-bond donors (Lipinski definition) is 2. The first kappa shape index (κ1) is 14.9. The van der Waals surface area contributed by atoms with Crippen molar-refractivity contribution < 1.29 is 19.7 Å². The molecule has 0 radical (unpaired) electrons. The van der Waals surface area contributed by atoms with Gasteiger partial charge in [0.1, 0.15) is 0 Å². The van der Waals surface area contributed by atoms with E-state index < -0.39 is 0 Å². The second-order valence-electron chi connectivity index (χ2n) is 5.19. The normalized spacial score (nSPS) is 30.5. The number of aliphatic hydroxyl groups is 2. The molecular formula is C13H26O4. The van der Waals surface area contributed by atoms with E-state index in [4.69, 9.17) is 9.47 Å². The molecule has 1 saturated heterocycles. The standard InChI is InChI=1S/C13H26O4/c1-4-12(7-14)9-16-11(17-10-12)13(5-2,6-3)8-15/h11,14-15H,4-10H2,1-3H3. The minimum Gasteiger partial charge on any atom is -0.396 e.